The fourth-order valence-corrected chi connectivity index (χ4v) is 3.71. The van der Waals surface area contributed by atoms with Gasteiger partial charge in [-0.15, -0.1) is 0 Å². The van der Waals surface area contributed by atoms with Crippen LogP contribution < -0.4 is 0 Å². The second-order valence-electron chi connectivity index (χ2n) is 6.52. The van der Waals surface area contributed by atoms with Crippen molar-refractivity contribution in [1.82, 2.24) is 0 Å². The first-order chi connectivity index (χ1) is 8.36. The number of allylic oxidation sites excluding steroid dienone is 4. The molecule has 0 amide bonds. The molecule has 2 rings (SSSR count). The zero-order valence-electron chi connectivity index (χ0n) is 12.2. The largest absolute Gasteiger partial charge is 0.0780 e. The lowest BCUT2D eigenvalue weighted by Crippen LogP contribution is -2.22. The number of hydrogen-bond donors (Lipinski definition) is 0. The van der Waals surface area contributed by atoms with Crippen LogP contribution >= 0.6 is 0 Å². The van der Waals surface area contributed by atoms with Gasteiger partial charge in [0.25, 0.3) is 0 Å². The summed E-state index contributed by atoms with van der Waals surface area (Å²) in [5.74, 6) is 0.605. The van der Waals surface area contributed by atoms with Gasteiger partial charge in [-0.2, -0.15) is 0 Å². The molecule has 1 aromatic carbocycles. The topological polar surface area (TPSA) is 0 Å². The fourth-order valence-electron chi connectivity index (χ4n) is 2.40. The van der Waals surface area contributed by atoms with Crippen molar-refractivity contribution >= 4 is 8.07 Å². The van der Waals surface area contributed by atoms with Crippen LogP contribution in [0.1, 0.15) is 16.7 Å². The van der Waals surface area contributed by atoms with E-state index >= 15 is 0 Å². The molecular weight excluding hydrogens is 232 g/mol. The van der Waals surface area contributed by atoms with Gasteiger partial charge < -0.3 is 0 Å². The molecular formula is C17H24Si. The van der Waals surface area contributed by atoms with Gasteiger partial charge in [-0.3, -0.25) is 0 Å². The van der Waals surface area contributed by atoms with Gasteiger partial charge in [0.05, 0.1) is 8.07 Å². The molecule has 0 aliphatic heterocycles. The summed E-state index contributed by atoms with van der Waals surface area (Å²) in [5, 5.41) is 1.61. The SMILES string of the molecule is Cc1ccc(CC2C=CC([Si](C)(C)C)=C2)cc1C. The van der Waals surface area contributed by atoms with Gasteiger partial charge >= 0.3 is 0 Å². The highest BCUT2D eigenvalue weighted by Crippen LogP contribution is 2.27. The lowest BCUT2D eigenvalue weighted by molar-refractivity contribution is 0.814. The Morgan fingerprint density at radius 2 is 1.78 bits per heavy atom. The molecule has 0 spiro atoms. The average molecular weight is 256 g/mol. The summed E-state index contributed by atoms with van der Waals surface area (Å²) in [7, 11) is -1.13. The molecule has 0 fully saturated rings. The van der Waals surface area contributed by atoms with Crippen LogP contribution in [0.2, 0.25) is 19.6 Å². The van der Waals surface area contributed by atoms with E-state index in [1.165, 1.54) is 16.7 Å². The first-order valence-corrected chi connectivity index (χ1v) is 10.3. The molecule has 1 aliphatic rings. The minimum atomic E-state index is -1.13. The van der Waals surface area contributed by atoms with Crippen molar-refractivity contribution in [1.29, 1.82) is 0 Å². The summed E-state index contributed by atoms with van der Waals surface area (Å²) in [5.41, 5.74) is 4.25. The normalized spacial score (nSPS) is 19.2. The van der Waals surface area contributed by atoms with Gasteiger partial charge in [0.15, 0.2) is 0 Å². The predicted molar refractivity (Wildman–Crippen MR) is 83.7 cm³/mol. The number of benzene rings is 1. The molecule has 1 atom stereocenters. The van der Waals surface area contributed by atoms with E-state index in [1.54, 1.807) is 5.20 Å². The summed E-state index contributed by atoms with van der Waals surface area (Å²) in [4.78, 5) is 0. The Labute approximate surface area is 112 Å². The monoisotopic (exact) mass is 256 g/mol. The van der Waals surface area contributed by atoms with Crippen LogP contribution in [0.25, 0.3) is 0 Å². The van der Waals surface area contributed by atoms with Crippen molar-refractivity contribution in [2.24, 2.45) is 5.92 Å². The van der Waals surface area contributed by atoms with E-state index < -0.39 is 8.07 Å². The van der Waals surface area contributed by atoms with Gasteiger partial charge in [-0.05, 0) is 42.9 Å². The second kappa shape index (κ2) is 4.89. The smallest absolute Gasteiger partial charge is 0.0771 e. The first-order valence-electron chi connectivity index (χ1n) is 6.83. The van der Waals surface area contributed by atoms with Gasteiger partial charge in [-0.25, -0.2) is 0 Å². The molecule has 0 nitrogen and oxygen atoms in total. The Hall–Kier alpha value is -1.08. The molecule has 0 saturated heterocycles. The summed E-state index contributed by atoms with van der Waals surface area (Å²) >= 11 is 0. The first kappa shape index (κ1) is 13.4. The van der Waals surface area contributed by atoms with Crippen molar-refractivity contribution in [2.75, 3.05) is 0 Å². The molecule has 0 N–H and O–H groups in total. The van der Waals surface area contributed by atoms with E-state index in [4.69, 9.17) is 0 Å². The Morgan fingerprint density at radius 3 is 2.33 bits per heavy atom. The lowest BCUT2D eigenvalue weighted by Gasteiger charge is -2.16. The van der Waals surface area contributed by atoms with Crippen molar-refractivity contribution in [3.63, 3.8) is 0 Å². The maximum absolute atomic E-state index is 2.49. The van der Waals surface area contributed by atoms with Gasteiger partial charge in [0.1, 0.15) is 0 Å². The van der Waals surface area contributed by atoms with Crippen molar-refractivity contribution in [2.45, 2.75) is 39.9 Å². The number of hydrogen-bond acceptors (Lipinski definition) is 0. The minimum Gasteiger partial charge on any atom is -0.0780 e. The molecule has 1 unspecified atom stereocenters. The predicted octanol–water partition coefficient (Wildman–Crippen LogP) is 4.84. The standard InChI is InChI=1S/C17H24Si/c1-13-6-7-15(10-14(13)2)11-16-8-9-17(12-16)18(3,4)5/h6-10,12,16H,11H2,1-5H3. The summed E-state index contributed by atoms with van der Waals surface area (Å²) in [6.07, 6.45) is 8.37. The van der Waals surface area contributed by atoms with Crippen molar-refractivity contribution < 1.29 is 0 Å². The molecule has 0 saturated carbocycles. The third-order valence-electron chi connectivity index (χ3n) is 3.83. The molecule has 1 heteroatoms. The van der Waals surface area contributed by atoms with E-state index in [0.717, 1.165) is 6.42 Å². The molecule has 0 heterocycles. The maximum Gasteiger partial charge on any atom is 0.0771 e. The van der Waals surface area contributed by atoms with Crippen LogP contribution in [-0.2, 0) is 6.42 Å². The molecule has 96 valence electrons. The third kappa shape index (κ3) is 3.02. The van der Waals surface area contributed by atoms with Crippen LogP contribution in [0, 0.1) is 19.8 Å². The van der Waals surface area contributed by atoms with Gasteiger partial charge in [0.2, 0.25) is 0 Å². The molecule has 18 heavy (non-hydrogen) atoms. The van der Waals surface area contributed by atoms with E-state index in [-0.39, 0.29) is 0 Å². The Kier molecular flexibility index (Phi) is 3.63. The number of aryl methyl sites for hydroxylation is 2. The van der Waals surface area contributed by atoms with E-state index in [1.807, 2.05) is 0 Å². The van der Waals surface area contributed by atoms with Crippen molar-refractivity contribution in [3.05, 3.63) is 58.3 Å². The summed E-state index contributed by atoms with van der Waals surface area (Å²) < 4.78 is 0. The fraction of sp³-hybridized carbons (Fsp3) is 0.412. The zero-order valence-corrected chi connectivity index (χ0v) is 13.2. The zero-order chi connectivity index (χ0) is 13.3. The lowest BCUT2D eigenvalue weighted by atomic mass is 9.98. The Morgan fingerprint density at radius 1 is 1.06 bits per heavy atom. The molecule has 1 aliphatic carbocycles. The van der Waals surface area contributed by atoms with Gasteiger partial charge in [0, 0.05) is 0 Å². The minimum absolute atomic E-state index is 0.605. The molecule has 1 aromatic rings. The third-order valence-corrected chi connectivity index (χ3v) is 5.89. The summed E-state index contributed by atoms with van der Waals surface area (Å²) in [6, 6.07) is 6.85. The van der Waals surface area contributed by atoms with E-state index in [0.29, 0.717) is 5.92 Å². The second-order valence-corrected chi connectivity index (χ2v) is 11.6. The Bertz CT molecular complexity index is 501. The Balaban J connectivity index is 2.10. The van der Waals surface area contributed by atoms with Crippen LogP contribution in [-0.4, -0.2) is 8.07 Å². The molecule has 0 bridgehead atoms. The average Bonchev–Trinajstić information content (AvgIpc) is 2.72. The van der Waals surface area contributed by atoms with Crippen LogP contribution in [0.3, 0.4) is 0 Å². The highest BCUT2D eigenvalue weighted by atomic mass is 28.3. The summed E-state index contributed by atoms with van der Waals surface area (Å²) in [6.45, 7) is 11.6. The maximum atomic E-state index is 2.49. The van der Waals surface area contributed by atoms with Crippen LogP contribution in [0.15, 0.2) is 41.6 Å². The van der Waals surface area contributed by atoms with E-state index in [2.05, 4.69) is 69.9 Å². The molecule has 0 aromatic heterocycles. The highest BCUT2D eigenvalue weighted by Gasteiger charge is 2.22. The van der Waals surface area contributed by atoms with Crippen LogP contribution in [0.5, 0.6) is 0 Å². The highest BCUT2D eigenvalue weighted by molar-refractivity contribution is 6.83. The van der Waals surface area contributed by atoms with Crippen molar-refractivity contribution in [3.8, 4) is 0 Å². The van der Waals surface area contributed by atoms with Gasteiger partial charge in [-0.1, -0.05) is 61.3 Å². The molecule has 0 radical (unpaired) electrons. The quantitative estimate of drug-likeness (QED) is 0.679. The van der Waals surface area contributed by atoms with Crippen LogP contribution in [0.4, 0.5) is 0 Å². The van der Waals surface area contributed by atoms with E-state index in [9.17, 15) is 0 Å². The number of rotatable bonds is 3.